The van der Waals surface area contributed by atoms with E-state index in [1.54, 1.807) is 6.07 Å². The molecule has 0 spiro atoms. The minimum Gasteiger partial charge on any atom is -0.445 e. The van der Waals surface area contributed by atoms with Crippen LogP contribution < -0.4 is 15.7 Å². The molecule has 0 fully saturated rings. The van der Waals surface area contributed by atoms with E-state index in [1.165, 1.54) is 23.9 Å². The van der Waals surface area contributed by atoms with Crippen molar-refractivity contribution in [2.45, 2.75) is 19.1 Å². The minimum absolute atomic E-state index is 0.0149. The number of hydrogen-bond donors (Lipinski definition) is 1. The summed E-state index contributed by atoms with van der Waals surface area (Å²) in [6, 6.07) is 22.0. The molecule has 1 heterocycles. The highest BCUT2D eigenvalue weighted by Gasteiger charge is 2.25. The second-order valence-corrected chi connectivity index (χ2v) is 9.48. The van der Waals surface area contributed by atoms with Crippen LogP contribution in [0.2, 0.25) is 5.02 Å². The second kappa shape index (κ2) is 12.5. The molecule has 190 valence electrons. The average molecular weight is 538 g/mol. The smallest absolute Gasteiger partial charge is 0.408 e. The topological polar surface area (TPSA) is 94.8 Å². The summed E-state index contributed by atoms with van der Waals surface area (Å²) in [4.78, 5) is 37.6. The van der Waals surface area contributed by atoms with Gasteiger partial charge in [-0.15, -0.1) is 0 Å². The molecule has 0 aliphatic carbocycles. The molecular formula is C28H24ClNO6S. The number of rotatable bonds is 9. The highest BCUT2D eigenvalue weighted by Crippen LogP contribution is 2.35. The van der Waals surface area contributed by atoms with Crippen molar-refractivity contribution < 1.29 is 23.5 Å². The highest BCUT2D eigenvalue weighted by molar-refractivity contribution is 7.98. The molecule has 37 heavy (non-hydrogen) atoms. The molecule has 3 aromatic carbocycles. The number of amides is 1. The lowest BCUT2D eigenvalue weighted by molar-refractivity contribution is -0.136. The first-order valence-electron chi connectivity index (χ1n) is 11.5. The van der Waals surface area contributed by atoms with Gasteiger partial charge in [0, 0.05) is 17.5 Å². The fourth-order valence-corrected chi connectivity index (χ4v) is 4.34. The number of benzene rings is 3. The number of ether oxygens (including phenoxy) is 2. The number of halogens is 1. The van der Waals surface area contributed by atoms with E-state index < -0.39 is 23.7 Å². The summed E-state index contributed by atoms with van der Waals surface area (Å²) in [6.07, 6.45) is 1.47. The molecule has 9 heteroatoms. The SMILES string of the molecule is CSCC[C@H](NC(=O)OCc1ccccc1)C(=O)Oc1cc2oc(=O)cc(-c3ccccc3)c2cc1Cl. The average Bonchev–Trinajstić information content (AvgIpc) is 2.91. The van der Waals surface area contributed by atoms with E-state index in [0.717, 1.165) is 11.1 Å². The Kier molecular flexibility index (Phi) is 8.87. The Labute approximate surface area is 222 Å². The van der Waals surface area contributed by atoms with Crippen molar-refractivity contribution in [3.05, 3.63) is 99.9 Å². The minimum atomic E-state index is -0.967. The lowest BCUT2D eigenvalue weighted by Gasteiger charge is -2.18. The zero-order valence-corrected chi connectivity index (χ0v) is 21.5. The molecule has 0 aliphatic heterocycles. The van der Waals surface area contributed by atoms with Gasteiger partial charge in [0.05, 0.1) is 5.02 Å². The van der Waals surface area contributed by atoms with E-state index in [1.807, 2.05) is 66.9 Å². The maximum Gasteiger partial charge on any atom is 0.408 e. The number of nitrogens with one attached hydrogen (secondary N) is 1. The van der Waals surface area contributed by atoms with Crippen molar-refractivity contribution in [3.63, 3.8) is 0 Å². The van der Waals surface area contributed by atoms with Crippen molar-refractivity contribution in [2.24, 2.45) is 0 Å². The quantitative estimate of drug-likeness (QED) is 0.157. The van der Waals surface area contributed by atoms with Gasteiger partial charge < -0.3 is 19.2 Å². The predicted octanol–water partition coefficient (Wildman–Crippen LogP) is 6.07. The third-order valence-electron chi connectivity index (χ3n) is 5.49. The molecule has 1 atom stereocenters. The number of fused-ring (bicyclic) bond motifs is 1. The number of alkyl carbamates (subject to hydrolysis) is 1. The third kappa shape index (κ3) is 6.93. The first-order valence-corrected chi connectivity index (χ1v) is 13.2. The summed E-state index contributed by atoms with van der Waals surface area (Å²) in [6.45, 7) is 0.0657. The van der Waals surface area contributed by atoms with Gasteiger partial charge in [0.2, 0.25) is 0 Å². The van der Waals surface area contributed by atoms with Crippen LogP contribution in [0.3, 0.4) is 0 Å². The molecule has 0 unspecified atom stereocenters. The maximum atomic E-state index is 13.0. The Morgan fingerprint density at radius 2 is 1.73 bits per heavy atom. The van der Waals surface area contributed by atoms with Gasteiger partial charge in [0.1, 0.15) is 18.2 Å². The number of thioether (sulfide) groups is 1. The van der Waals surface area contributed by atoms with Crippen LogP contribution in [-0.2, 0) is 16.1 Å². The lowest BCUT2D eigenvalue weighted by Crippen LogP contribution is -2.43. The number of esters is 1. The van der Waals surface area contributed by atoms with E-state index in [9.17, 15) is 14.4 Å². The van der Waals surface area contributed by atoms with Gasteiger partial charge in [-0.05, 0) is 41.2 Å². The van der Waals surface area contributed by atoms with Crippen LogP contribution in [0, 0.1) is 0 Å². The number of carbonyl (C=O) groups is 2. The Morgan fingerprint density at radius 3 is 2.43 bits per heavy atom. The molecule has 0 radical (unpaired) electrons. The molecule has 4 rings (SSSR count). The van der Waals surface area contributed by atoms with Gasteiger partial charge in [-0.25, -0.2) is 14.4 Å². The molecule has 0 bridgehead atoms. The van der Waals surface area contributed by atoms with E-state index in [4.69, 9.17) is 25.5 Å². The summed E-state index contributed by atoms with van der Waals surface area (Å²) in [5, 5.41) is 3.32. The van der Waals surface area contributed by atoms with Gasteiger partial charge in [0.15, 0.2) is 5.75 Å². The van der Waals surface area contributed by atoms with Crippen molar-refractivity contribution in [3.8, 4) is 16.9 Å². The second-order valence-electron chi connectivity index (χ2n) is 8.09. The van der Waals surface area contributed by atoms with Gasteiger partial charge in [-0.3, -0.25) is 0 Å². The number of hydrogen-bond acceptors (Lipinski definition) is 7. The van der Waals surface area contributed by atoms with E-state index in [-0.39, 0.29) is 23.0 Å². The Balaban J connectivity index is 1.53. The fraction of sp³-hybridized carbons (Fsp3) is 0.179. The van der Waals surface area contributed by atoms with E-state index in [2.05, 4.69) is 5.32 Å². The van der Waals surface area contributed by atoms with Crippen LogP contribution in [0.4, 0.5) is 4.79 Å². The molecule has 0 saturated heterocycles. The summed E-state index contributed by atoms with van der Waals surface area (Å²) < 4.78 is 16.2. The Hall–Kier alpha value is -3.75. The van der Waals surface area contributed by atoms with Crippen LogP contribution in [-0.4, -0.2) is 30.1 Å². The molecule has 0 aliphatic rings. The molecular weight excluding hydrogens is 514 g/mol. The molecule has 1 amide bonds. The molecule has 0 saturated carbocycles. The van der Waals surface area contributed by atoms with Gasteiger partial charge in [-0.1, -0.05) is 72.3 Å². The van der Waals surface area contributed by atoms with Crippen LogP contribution in [0.1, 0.15) is 12.0 Å². The van der Waals surface area contributed by atoms with Gasteiger partial charge >= 0.3 is 17.7 Å². The van der Waals surface area contributed by atoms with Crippen LogP contribution >= 0.6 is 23.4 Å². The molecule has 4 aromatic rings. The summed E-state index contributed by atoms with van der Waals surface area (Å²) in [5.41, 5.74) is 1.95. The van der Waals surface area contributed by atoms with Crippen molar-refractivity contribution in [1.29, 1.82) is 0 Å². The van der Waals surface area contributed by atoms with E-state index >= 15 is 0 Å². The van der Waals surface area contributed by atoms with Crippen LogP contribution in [0.15, 0.2) is 88.1 Å². The maximum absolute atomic E-state index is 13.0. The fourth-order valence-electron chi connectivity index (χ4n) is 3.67. The molecule has 7 nitrogen and oxygen atoms in total. The summed E-state index contributed by atoms with van der Waals surface area (Å²) >= 11 is 7.99. The van der Waals surface area contributed by atoms with E-state index in [0.29, 0.717) is 23.1 Å². The first-order chi connectivity index (χ1) is 17.9. The zero-order chi connectivity index (χ0) is 26.2. The first kappa shape index (κ1) is 26.3. The van der Waals surface area contributed by atoms with Crippen LogP contribution in [0.25, 0.3) is 22.1 Å². The Morgan fingerprint density at radius 1 is 1.03 bits per heavy atom. The monoisotopic (exact) mass is 537 g/mol. The van der Waals surface area contributed by atoms with Gasteiger partial charge in [0.25, 0.3) is 0 Å². The normalized spacial score (nSPS) is 11.6. The third-order valence-corrected chi connectivity index (χ3v) is 6.43. The van der Waals surface area contributed by atoms with Crippen molar-refractivity contribution in [1.82, 2.24) is 5.32 Å². The summed E-state index contributed by atoms with van der Waals surface area (Å²) in [5.74, 6) is -0.103. The Bertz CT molecular complexity index is 1440. The zero-order valence-electron chi connectivity index (χ0n) is 19.9. The standard InChI is InChI=1S/C28H24ClNO6S/c1-37-13-12-23(30-28(33)34-17-18-8-4-2-5-9-18)27(32)36-25-16-24-21(14-22(25)29)20(15-26(31)35-24)19-10-6-3-7-11-19/h2-11,14-16,23H,12-13,17H2,1H3,(H,30,33)/t23-/m0/s1. The number of carbonyl (C=O) groups excluding carboxylic acids is 2. The van der Waals surface area contributed by atoms with Crippen molar-refractivity contribution in [2.75, 3.05) is 12.0 Å². The van der Waals surface area contributed by atoms with Gasteiger partial charge in [-0.2, -0.15) is 11.8 Å². The molecule has 1 aromatic heterocycles. The highest BCUT2D eigenvalue weighted by atomic mass is 35.5. The predicted molar refractivity (Wildman–Crippen MR) is 145 cm³/mol. The molecule has 1 N–H and O–H groups in total. The lowest BCUT2D eigenvalue weighted by atomic mass is 10.0. The largest absolute Gasteiger partial charge is 0.445 e. The summed E-state index contributed by atoms with van der Waals surface area (Å²) in [7, 11) is 0. The van der Waals surface area contributed by atoms with Crippen molar-refractivity contribution >= 4 is 46.4 Å². The van der Waals surface area contributed by atoms with Crippen LogP contribution in [0.5, 0.6) is 5.75 Å².